The Balaban J connectivity index is 1.50. The molecule has 0 N–H and O–H groups in total. The highest BCUT2D eigenvalue weighted by Crippen LogP contribution is 2.25. The average molecular weight is 444 g/mol. The molecule has 3 rings (SSSR count). The number of carbonyl (C=O) groups excluding carboxylic acids is 2. The normalized spacial score (nSPS) is 10.5. The highest BCUT2D eigenvalue weighted by molar-refractivity contribution is 5.88. The first-order valence-electron chi connectivity index (χ1n) is 10.2. The van der Waals surface area contributed by atoms with E-state index in [-0.39, 0.29) is 13.2 Å². The first-order chi connectivity index (χ1) is 16.1. The maximum Gasteiger partial charge on any atom is 0.336 e. The molecule has 6 nitrogen and oxygen atoms in total. The van der Waals surface area contributed by atoms with Crippen LogP contribution in [0.15, 0.2) is 91.5 Å². The van der Waals surface area contributed by atoms with Gasteiger partial charge in [0.2, 0.25) is 0 Å². The van der Waals surface area contributed by atoms with Crippen LogP contribution in [-0.4, -0.2) is 32.3 Å². The van der Waals surface area contributed by atoms with Gasteiger partial charge in [-0.25, -0.2) is 9.59 Å². The van der Waals surface area contributed by atoms with Crippen LogP contribution in [0, 0.1) is 0 Å². The van der Waals surface area contributed by atoms with Crippen molar-refractivity contribution in [3.8, 4) is 28.4 Å². The minimum atomic E-state index is -0.476. The second kappa shape index (κ2) is 11.9. The van der Waals surface area contributed by atoms with Gasteiger partial charge < -0.3 is 18.9 Å². The lowest BCUT2D eigenvalue weighted by Gasteiger charge is -2.08. The fraction of sp³-hybridized carbons (Fsp3) is 0.111. The Morgan fingerprint density at radius 3 is 1.91 bits per heavy atom. The van der Waals surface area contributed by atoms with Crippen molar-refractivity contribution in [1.29, 1.82) is 0 Å². The van der Waals surface area contributed by atoms with Gasteiger partial charge in [-0.2, -0.15) is 0 Å². The van der Waals surface area contributed by atoms with Gasteiger partial charge in [-0.05, 0) is 59.2 Å². The lowest BCUT2D eigenvalue weighted by Crippen LogP contribution is -2.10. The quantitative estimate of drug-likeness (QED) is 0.188. The molecule has 0 spiro atoms. The third-order valence-electron chi connectivity index (χ3n) is 4.55. The van der Waals surface area contributed by atoms with Crippen LogP contribution in [-0.2, 0) is 14.3 Å². The van der Waals surface area contributed by atoms with Crippen molar-refractivity contribution in [2.45, 2.75) is 0 Å². The maximum atomic E-state index is 12.1. The van der Waals surface area contributed by atoms with Crippen LogP contribution in [0.5, 0.6) is 17.2 Å². The molecule has 0 amide bonds. The van der Waals surface area contributed by atoms with Crippen molar-refractivity contribution in [1.82, 2.24) is 0 Å². The van der Waals surface area contributed by atoms with Crippen molar-refractivity contribution in [3.05, 3.63) is 97.1 Å². The van der Waals surface area contributed by atoms with E-state index in [1.807, 2.05) is 60.7 Å². The second-order valence-electron chi connectivity index (χ2n) is 6.80. The minimum absolute atomic E-state index is 0.155. The third kappa shape index (κ3) is 7.40. The molecule has 0 fully saturated rings. The van der Waals surface area contributed by atoms with E-state index in [1.54, 1.807) is 25.3 Å². The number of rotatable bonds is 10. The Kier molecular flexibility index (Phi) is 8.42. The fourth-order valence-electron chi connectivity index (χ4n) is 2.85. The van der Waals surface area contributed by atoms with E-state index >= 15 is 0 Å². The molecule has 0 aliphatic heterocycles. The second-order valence-corrected chi connectivity index (χ2v) is 6.80. The summed E-state index contributed by atoms with van der Waals surface area (Å²) in [7, 11) is 1.60. The predicted octanol–water partition coefficient (Wildman–Crippen LogP) is 5.09. The van der Waals surface area contributed by atoms with Crippen LogP contribution >= 0.6 is 0 Å². The van der Waals surface area contributed by atoms with Crippen LogP contribution in [0.3, 0.4) is 0 Å². The summed E-state index contributed by atoms with van der Waals surface area (Å²) in [6.45, 7) is 3.74. The van der Waals surface area contributed by atoms with Gasteiger partial charge in [0.05, 0.1) is 7.11 Å². The lowest BCUT2D eigenvalue weighted by molar-refractivity contribution is -0.138. The molecule has 0 saturated heterocycles. The maximum absolute atomic E-state index is 12.1. The van der Waals surface area contributed by atoms with Gasteiger partial charge in [-0.15, -0.1) is 0 Å². The Bertz CT molecular complexity index is 1100. The number of benzene rings is 3. The van der Waals surface area contributed by atoms with Gasteiger partial charge in [0.25, 0.3) is 0 Å². The summed E-state index contributed by atoms with van der Waals surface area (Å²) < 4.78 is 20.9. The average Bonchev–Trinajstić information content (AvgIpc) is 2.86. The number of esters is 2. The summed E-state index contributed by atoms with van der Waals surface area (Å²) >= 11 is 0. The molecule has 0 heterocycles. The summed E-state index contributed by atoms with van der Waals surface area (Å²) in [6.07, 6.45) is 4.18. The SMILES string of the molecule is C=CC(=O)OCCOc1ccc(-c2ccc(OC(=O)/C=C/c3ccc(OC)cc3)cc2)cc1. The molecule has 0 aliphatic carbocycles. The Labute approximate surface area is 192 Å². The molecule has 168 valence electrons. The van der Waals surface area contributed by atoms with E-state index in [0.29, 0.717) is 11.5 Å². The molecule has 0 atom stereocenters. The van der Waals surface area contributed by atoms with Crippen molar-refractivity contribution in [2.75, 3.05) is 20.3 Å². The number of hydrogen-bond acceptors (Lipinski definition) is 6. The number of hydrogen-bond donors (Lipinski definition) is 0. The highest BCUT2D eigenvalue weighted by atomic mass is 16.6. The molecular formula is C27H24O6. The van der Waals surface area contributed by atoms with Crippen LogP contribution in [0.4, 0.5) is 0 Å². The fourth-order valence-corrected chi connectivity index (χ4v) is 2.85. The largest absolute Gasteiger partial charge is 0.497 e. The zero-order valence-corrected chi connectivity index (χ0v) is 18.2. The number of carbonyl (C=O) groups is 2. The van der Waals surface area contributed by atoms with Gasteiger partial charge in [-0.1, -0.05) is 43.0 Å². The molecule has 6 heteroatoms. The summed E-state index contributed by atoms with van der Waals surface area (Å²) in [4.78, 5) is 23.1. The Morgan fingerprint density at radius 1 is 0.758 bits per heavy atom. The van der Waals surface area contributed by atoms with E-state index in [4.69, 9.17) is 18.9 Å². The summed E-state index contributed by atoms with van der Waals surface area (Å²) in [5.74, 6) is 0.943. The molecule has 33 heavy (non-hydrogen) atoms. The lowest BCUT2D eigenvalue weighted by atomic mass is 10.1. The monoisotopic (exact) mass is 444 g/mol. The highest BCUT2D eigenvalue weighted by Gasteiger charge is 2.04. The van der Waals surface area contributed by atoms with Gasteiger partial charge in [0, 0.05) is 12.2 Å². The molecule has 3 aromatic carbocycles. The predicted molar refractivity (Wildman–Crippen MR) is 126 cm³/mol. The molecule has 0 aliphatic rings. The zero-order valence-electron chi connectivity index (χ0n) is 18.2. The van der Waals surface area contributed by atoms with Crippen LogP contribution in [0.2, 0.25) is 0 Å². The van der Waals surface area contributed by atoms with Crippen molar-refractivity contribution >= 4 is 18.0 Å². The van der Waals surface area contributed by atoms with Crippen molar-refractivity contribution < 1.29 is 28.5 Å². The molecule has 0 aromatic heterocycles. The van der Waals surface area contributed by atoms with Crippen molar-refractivity contribution in [3.63, 3.8) is 0 Å². The molecule has 0 radical (unpaired) electrons. The van der Waals surface area contributed by atoms with E-state index in [1.165, 1.54) is 6.08 Å². The van der Waals surface area contributed by atoms with E-state index in [2.05, 4.69) is 6.58 Å². The molecule has 0 bridgehead atoms. The van der Waals surface area contributed by atoms with Crippen LogP contribution < -0.4 is 14.2 Å². The Hall–Kier alpha value is -4.32. The van der Waals surface area contributed by atoms with Gasteiger partial charge >= 0.3 is 11.9 Å². The Morgan fingerprint density at radius 2 is 1.33 bits per heavy atom. The first-order valence-corrected chi connectivity index (χ1v) is 10.2. The molecule has 3 aromatic rings. The third-order valence-corrected chi connectivity index (χ3v) is 4.55. The van der Waals surface area contributed by atoms with E-state index in [0.717, 1.165) is 28.5 Å². The molecule has 0 saturated carbocycles. The van der Waals surface area contributed by atoms with Crippen LogP contribution in [0.1, 0.15) is 5.56 Å². The minimum Gasteiger partial charge on any atom is -0.497 e. The number of ether oxygens (including phenoxy) is 4. The smallest absolute Gasteiger partial charge is 0.336 e. The molecule has 0 unspecified atom stereocenters. The summed E-state index contributed by atoms with van der Waals surface area (Å²) in [5.41, 5.74) is 2.82. The van der Waals surface area contributed by atoms with Crippen LogP contribution in [0.25, 0.3) is 17.2 Å². The van der Waals surface area contributed by atoms with E-state index in [9.17, 15) is 9.59 Å². The van der Waals surface area contributed by atoms with Gasteiger partial charge in [0.1, 0.15) is 30.5 Å². The zero-order chi connectivity index (χ0) is 23.5. The summed E-state index contributed by atoms with van der Waals surface area (Å²) in [6, 6.07) is 22.1. The van der Waals surface area contributed by atoms with Gasteiger partial charge in [0.15, 0.2) is 0 Å². The summed E-state index contributed by atoms with van der Waals surface area (Å²) in [5, 5.41) is 0. The first kappa shape index (κ1) is 23.3. The van der Waals surface area contributed by atoms with Crippen molar-refractivity contribution in [2.24, 2.45) is 0 Å². The standard InChI is InChI=1S/C27H24O6/c1-3-26(28)32-19-18-31-24-13-7-21(8-14-24)22-9-15-25(16-10-22)33-27(29)17-6-20-4-11-23(30-2)12-5-20/h3-17H,1,18-19H2,2H3/b17-6+. The van der Waals surface area contributed by atoms with E-state index < -0.39 is 11.9 Å². The van der Waals surface area contributed by atoms with Gasteiger partial charge in [-0.3, -0.25) is 0 Å². The molecular weight excluding hydrogens is 420 g/mol. The number of methoxy groups -OCH3 is 1. The topological polar surface area (TPSA) is 71.1 Å².